The third-order valence-corrected chi connectivity index (χ3v) is 23.3. The zero-order valence-corrected chi connectivity index (χ0v) is 57.4. The maximum Gasteiger partial charge on any atom is 0.345 e. The molecule has 18 heteroatoms. The summed E-state index contributed by atoms with van der Waals surface area (Å²) in [6.07, 6.45) is -12.8. The molecule has 7 aromatic rings. The van der Waals surface area contributed by atoms with Crippen molar-refractivity contribution in [3.8, 4) is 5.75 Å². The van der Waals surface area contributed by atoms with E-state index in [0.29, 0.717) is 5.75 Å². The average Bonchev–Trinajstić information content (AvgIpc) is 0.746. The van der Waals surface area contributed by atoms with Crippen LogP contribution in [0.25, 0.3) is 0 Å². The SMILES string of the molecule is C=CC1(C(=O)OC)O[C@@H](O[C@H]2C(CO[Si](c3ccccc3)(c3ccccc3)C(C)(C)C)O[C@@H](C)C(C)[C@H]2OCc2ccc(OC)cc2)C(OCc2ccccc2)[C@@H](OC)[C@H]1O[C@@H]1OC(COC(C)=O)[C@H](OCc2ccccc2)[C@H](OCc2ccccc2)C1OCc1ccccc1. The Hall–Kier alpha value is -7.24. The van der Waals surface area contributed by atoms with E-state index in [1.54, 1.807) is 7.11 Å². The molecule has 510 valence electrons. The maximum atomic E-state index is 15.4. The number of methoxy groups -OCH3 is 3. The monoisotopic (exact) mass is 1330 g/mol. The number of carbonyl (C=O) groups is 2. The van der Waals surface area contributed by atoms with Crippen LogP contribution in [-0.4, -0.2) is 140 Å². The van der Waals surface area contributed by atoms with Crippen molar-refractivity contribution in [1.29, 1.82) is 0 Å². The van der Waals surface area contributed by atoms with Gasteiger partial charge in [0.15, 0.2) is 12.6 Å². The highest BCUT2D eigenvalue weighted by Gasteiger charge is 2.64. The average molecular weight is 1330 g/mol. The van der Waals surface area contributed by atoms with Crippen LogP contribution >= 0.6 is 0 Å². The van der Waals surface area contributed by atoms with Gasteiger partial charge in [-0.1, -0.05) is 228 Å². The van der Waals surface area contributed by atoms with E-state index >= 15 is 4.79 Å². The molecule has 17 nitrogen and oxygen atoms in total. The molecule has 15 atom stereocenters. The second kappa shape index (κ2) is 33.8. The smallest absolute Gasteiger partial charge is 0.345 e. The third-order valence-electron chi connectivity index (χ3n) is 18.3. The summed E-state index contributed by atoms with van der Waals surface area (Å²) in [5.41, 5.74) is 2.00. The second-order valence-corrected chi connectivity index (χ2v) is 29.9. The van der Waals surface area contributed by atoms with E-state index in [1.165, 1.54) is 27.2 Å². The molecule has 7 aromatic carbocycles. The minimum atomic E-state index is -3.23. The van der Waals surface area contributed by atoms with Gasteiger partial charge in [-0.2, -0.15) is 0 Å². The number of carbonyl (C=O) groups excluding carboxylic acids is 2. The van der Waals surface area contributed by atoms with Crippen LogP contribution in [0.1, 0.15) is 69.4 Å². The summed E-state index contributed by atoms with van der Waals surface area (Å²) in [6, 6.07) is 67.2. The Morgan fingerprint density at radius 2 is 0.927 bits per heavy atom. The molecule has 3 saturated heterocycles. The van der Waals surface area contributed by atoms with Gasteiger partial charge in [-0.15, -0.1) is 0 Å². The Bertz CT molecular complexity index is 3440. The van der Waals surface area contributed by atoms with E-state index in [2.05, 4.69) is 58.5 Å². The number of esters is 2. The largest absolute Gasteiger partial charge is 0.497 e. The second-order valence-electron chi connectivity index (χ2n) is 25.6. The van der Waals surface area contributed by atoms with Crippen molar-refractivity contribution in [2.75, 3.05) is 34.5 Å². The predicted molar refractivity (Wildman–Crippen MR) is 364 cm³/mol. The van der Waals surface area contributed by atoms with Crippen molar-refractivity contribution in [1.82, 2.24) is 0 Å². The lowest BCUT2D eigenvalue weighted by Gasteiger charge is -2.54. The summed E-state index contributed by atoms with van der Waals surface area (Å²) >= 11 is 0. The van der Waals surface area contributed by atoms with Crippen LogP contribution in [0.3, 0.4) is 0 Å². The zero-order chi connectivity index (χ0) is 67.7. The van der Waals surface area contributed by atoms with Gasteiger partial charge in [-0.05, 0) is 68.4 Å². The highest BCUT2D eigenvalue weighted by Crippen LogP contribution is 2.44. The van der Waals surface area contributed by atoms with E-state index in [4.69, 9.17) is 70.7 Å². The highest BCUT2D eigenvalue weighted by molar-refractivity contribution is 6.99. The summed E-state index contributed by atoms with van der Waals surface area (Å²) in [5.74, 6) is -1.05. The minimum absolute atomic E-state index is 0.0239. The molecule has 0 bridgehead atoms. The Morgan fingerprint density at radius 3 is 1.36 bits per heavy atom. The fourth-order valence-corrected chi connectivity index (χ4v) is 17.7. The number of hydrogen-bond donors (Lipinski definition) is 0. The van der Waals surface area contributed by atoms with E-state index < -0.39 is 105 Å². The maximum absolute atomic E-state index is 15.4. The van der Waals surface area contributed by atoms with Crippen LogP contribution in [0.4, 0.5) is 0 Å². The van der Waals surface area contributed by atoms with E-state index in [-0.39, 0.29) is 58.3 Å². The normalized spacial score (nSPS) is 26.9. The Morgan fingerprint density at radius 1 is 0.500 bits per heavy atom. The standard InChI is InChI=1S/C78H92O17Si/c1-11-78(76(80)83-10)73(94-74-71(88-48-58-34-22-14-23-35-58)69(87-47-57-32-20-13-21-33-57)67(64(92-74)51-84-55(4)79)86-46-56-30-18-12-19-31-56)70(82-9)72(89-49-59-36-24-15-25-37-59)75(95-78)93-68-65(91-54(3)53(2)66(68)85-50-60-42-44-61(81-8)45-43-60)52-90-96(77(5,6)7,62-38-26-16-27-39-62)63-40-28-17-29-41-63/h11-45,53-54,64-75H,1,46-52H2,2-10H3/t53?,54-,64?,65?,66+,67-,68-,69-,70+,71?,72?,73+,74-,75+,78?/m0/s1. The number of hydrogen-bond acceptors (Lipinski definition) is 17. The van der Waals surface area contributed by atoms with Crippen LogP contribution < -0.4 is 15.1 Å². The van der Waals surface area contributed by atoms with Crippen molar-refractivity contribution in [3.63, 3.8) is 0 Å². The molecule has 10 rings (SSSR count). The first-order valence-electron chi connectivity index (χ1n) is 32.9. The molecular weight excluding hydrogens is 1240 g/mol. The van der Waals surface area contributed by atoms with Crippen molar-refractivity contribution < 1.29 is 80.3 Å². The summed E-state index contributed by atoms with van der Waals surface area (Å²) in [5, 5.41) is 1.75. The van der Waals surface area contributed by atoms with E-state index in [0.717, 1.165) is 38.2 Å². The molecule has 0 aromatic heterocycles. The van der Waals surface area contributed by atoms with Crippen molar-refractivity contribution in [3.05, 3.63) is 247 Å². The van der Waals surface area contributed by atoms with Gasteiger partial charge in [0, 0.05) is 20.0 Å². The molecule has 96 heavy (non-hydrogen) atoms. The van der Waals surface area contributed by atoms with Crippen LogP contribution in [0.2, 0.25) is 5.04 Å². The van der Waals surface area contributed by atoms with Gasteiger partial charge in [-0.3, -0.25) is 4.79 Å². The summed E-state index contributed by atoms with van der Waals surface area (Å²) in [7, 11) is 1.14. The number of rotatable bonds is 30. The van der Waals surface area contributed by atoms with Gasteiger partial charge in [0.2, 0.25) is 5.60 Å². The van der Waals surface area contributed by atoms with Crippen molar-refractivity contribution >= 4 is 30.6 Å². The topological polar surface area (TPSA) is 173 Å². The van der Waals surface area contributed by atoms with Gasteiger partial charge >= 0.3 is 11.9 Å². The first-order chi connectivity index (χ1) is 46.6. The first kappa shape index (κ1) is 71.5. The minimum Gasteiger partial charge on any atom is -0.497 e. The summed E-state index contributed by atoms with van der Waals surface area (Å²) in [4.78, 5) is 28.3. The van der Waals surface area contributed by atoms with Gasteiger partial charge < -0.3 is 70.7 Å². The molecule has 0 aliphatic carbocycles. The molecular formula is C78H92O17Si. The first-order valence-corrected chi connectivity index (χ1v) is 34.8. The fraction of sp³-hybridized carbons (Fsp3) is 0.410. The summed E-state index contributed by atoms with van der Waals surface area (Å²) < 4.78 is 103. The van der Waals surface area contributed by atoms with Crippen LogP contribution in [-0.2, 0) is 109 Å². The van der Waals surface area contributed by atoms with Gasteiger partial charge in [-0.25, -0.2) is 4.79 Å². The molecule has 0 radical (unpaired) electrons. The van der Waals surface area contributed by atoms with Crippen molar-refractivity contribution in [2.45, 2.75) is 165 Å². The molecule has 0 spiro atoms. The number of benzene rings is 7. The van der Waals surface area contributed by atoms with Crippen LogP contribution in [0.15, 0.2) is 219 Å². The lowest BCUT2D eigenvalue weighted by atomic mass is 9.85. The number of ether oxygens (including phenoxy) is 14. The van der Waals surface area contributed by atoms with Gasteiger partial charge in [0.1, 0.15) is 67.3 Å². The Labute approximate surface area is 566 Å². The quantitative estimate of drug-likeness (QED) is 0.0236. The van der Waals surface area contributed by atoms with E-state index in [1.807, 2.05) is 189 Å². The molecule has 3 fully saturated rings. The molecule has 6 unspecified atom stereocenters. The Balaban J connectivity index is 1.09. The van der Waals surface area contributed by atoms with Gasteiger partial charge in [0.05, 0.1) is 66.1 Å². The zero-order valence-electron chi connectivity index (χ0n) is 56.4. The van der Waals surface area contributed by atoms with Crippen molar-refractivity contribution in [2.24, 2.45) is 5.92 Å². The molecule has 0 saturated carbocycles. The fourth-order valence-electron chi connectivity index (χ4n) is 13.1. The lowest BCUT2D eigenvalue weighted by molar-refractivity contribution is -0.390. The third kappa shape index (κ3) is 17.0. The summed E-state index contributed by atoms with van der Waals surface area (Å²) in [6.45, 7) is 16.6. The molecule has 3 aliphatic rings. The Kier molecular flexibility index (Phi) is 25.2. The van der Waals surface area contributed by atoms with Gasteiger partial charge in [0.25, 0.3) is 8.32 Å². The predicted octanol–water partition coefficient (Wildman–Crippen LogP) is 11.4. The highest BCUT2D eigenvalue weighted by atomic mass is 28.4. The van der Waals surface area contributed by atoms with E-state index in [9.17, 15) is 4.79 Å². The molecule has 3 aliphatic heterocycles. The lowest BCUT2D eigenvalue weighted by Crippen LogP contribution is -2.72. The molecule has 3 heterocycles. The van der Waals surface area contributed by atoms with Crippen LogP contribution in [0, 0.1) is 5.92 Å². The molecule has 0 amide bonds. The van der Waals surface area contributed by atoms with Crippen LogP contribution in [0.5, 0.6) is 5.75 Å². The molecule has 0 N–H and O–H groups in total.